The van der Waals surface area contributed by atoms with Crippen molar-refractivity contribution in [2.24, 2.45) is 0 Å². The van der Waals surface area contributed by atoms with Gasteiger partial charge < -0.3 is 20.5 Å². The van der Waals surface area contributed by atoms with E-state index in [0.29, 0.717) is 6.54 Å². The molecule has 0 atom stereocenters. The van der Waals surface area contributed by atoms with Crippen LogP contribution in [0.15, 0.2) is 77.8 Å². The molecule has 0 spiro atoms. The van der Waals surface area contributed by atoms with Gasteiger partial charge in [0.1, 0.15) is 0 Å². The van der Waals surface area contributed by atoms with E-state index in [4.69, 9.17) is 9.84 Å². The number of carbonyl (C=O) groups excluding carboxylic acids is 3. The number of carbonyl (C=O) groups is 3. The van der Waals surface area contributed by atoms with E-state index in [1.54, 1.807) is 0 Å². The summed E-state index contributed by atoms with van der Waals surface area (Å²) in [5.74, 6) is -1.50. The summed E-state index contributed by atoms with van der Waals surface area (Å²) in [7, 11) is -4.29. The zero-order valence-corrected chi connectivity index (χ0v) is 21.2. The third kappa shape index (κ3) is 8.68. The summed E-state index contributed by atoms with van der Waals surface area (Å²) in [6.45, 7) is 0.170. The van der Waals surface area contributed by atoms with Crippen LogP contribution in [-0.2, 0) is 16.4 Å². The predicted molar refractivity (Wildman–Crippen MR) is 138 cm³/mol. The van der Waals surface area contributed by atoms with E-state index in [-0.39, 0.29) is 35.1 Å². The number of hydrogen-bond acceptors (Lipinski definition) is 8. The normalized spacial score (nSPS) is 10.9. The summed E-state index contributed by atoms with van der Waals surface area (Å²) in [6.07, 6.45) is 2.75. The number of nitrogens with zero attached hydrogens (tertiary/aromatic N) is 1. The largest absolute Gasteiger partial charge is 0.414 e. The van der Waals surface area contributed by atoms with Crippen LogP contribution < -0.4 is 20.1 Å². The van der Waals surface area contributed by atoms with Gasteiger partial charge in [-0.2, -0.15) is 0 Å². The number of ether oxygens (including phenoxy) is 1. The molecule has 3 aromatic rings. The van der Waals surface area contributed by atoms with Crippen molar-refractivity contribution >= 4 is 27.9 Å². The second-order valence-corrected chi connectivity index (χ2v) is 9.77. The minimum Gasteiger partial charge on any atom is -0.395 e. The number of rotatable bonds is 12. The summed E-state index contributed by atoms with van der Waals surface area (Å²) in [5, 5.41) is 13.7. The van der Waals surface area contributed by atoms with Crippen LogP contribution in [0.4, 0.5) is 4.79 Å². The molecule has 0 aliphatic rings. The Labute approximate surface area is 220 Å². The molecular formula is C26H28N4O7S. The van der Waals surface area contributed by atoms with E-state index in [9.17, 15) is 22.8 Å². The van der Waals surface area contributed by atoms with Crippen molar-refractivity contribution in [3.05, 3.63) is 89.6 Å². The van der Waals surface area contributed by atoms with E-state index in [0.717, 1.165) is 25.5 Å². The molecule has 3 amide bonds. The summed E-state index contributed by atoms with van der Waals surface area (Å²) in [5.41, 5.74) is 1.27. The molecule has 1 heterocycles. The van der Waals surface area contributed by atoms with Gasteiger partial charge in [0, 0.05) is 30.9 Å². The maximum Gasteiger partial charge on any atom is 0.414 e. The fourth-order valence-electron chi connectivity index (χ4n) is 3.31. The van der Waals surface area contributed by atoms with Gasteiger partial charge in [-0.1, -0.05) is 36.4 Å². The molecule has 11 nitrogen and oxygen atoms in total. The minimum absolute atomic E-state index is 0.00516. The van der Waals surface area contributed by atoms with Crippen LogP contribution >= 0.6 is 0 Å². The van der Waals surface area contributed by atoms with E-state index in [2.05, 4.69) is 15.6 Å². The number of aliphatic hydroxyl groups excluding tert-OH is 1. The fraction of sp³-hybridized carbons (Fsp3) is 0.231. The standard InChI is InChI=1S/C26H28N4O7S/c31-16-15-28-26(34)37-23-13-12-21(18-29-23)25(33)30-38(35,36)22-11-6-10-20(17-22)24(32)27-14-5-4-9-19-7-2-1-3-8-19/h1-3,6-8,10-13,17-18,31H,4-5,9,14-16H2,(H,27,32)(H,28,34)(H,30,33). The van der Waals surface area contributed by atoms with Gasteiger partial charge in [0.05, 0.1) is 17.1 Å². The van der Waals surface area contributed by atoms with Gasteiger partial charge in [-0.05, 0) is 49.1 Å². The van der Waals surface area contributed by atoms with Gasteiger partial charge in [0.15, 0.2) is 0 Å². The van der Waals surface area contributed by atoms with Crippen molar-refractivity contribution in [1.82, 2.24) is 20.3 Å². The number of amides is 3. The van der Waals surface area contributed by atoms with Crippen LogP contribution in [0.5, 0.6) is 5.88 Å². The van der Waals surface area contributed by atoms with Gasteiger partial charge in [-0.3, -0.25) is 9.59 Å². The first-order valence-corrected chi connectivity index (χ1v) is 13.3. The average Bonchev–Trinajstić information content (AvgIpc) is 2.92. The Morgan fingerprint density at radius 1 is 0.842 bits per heavy atom. The van der Waals surface area contributed by atoms with E-state index >= 15 is 0 Å². The molecule has 38 heavy (non-hydrogen) atoms. The van der Waals surface area contributed by atoms with Gasteiger partial charge >= 0.3 is 6.09 Å². The van der Waals surface area contributed by atoms with Gasteiger partial charge in [0.25, 0.3) is 21.8 Å². The zero-order chi connectivity index (χ0) is 27.4. The van der Waals surface area contributed by atoms with E-state index in [1.165, 1.54) is 42.0 Å². The number of aliphatic hydroxyl groups is 1. The fourth-order valence-corrected chi connectivity index (χ4v) is 4.33. The van der Waals surface area contributed by atoms with E-state index in [1.807, 2.05) is 35.1 Å². The van der Waals surface area contributed by atoms with E-state index < -0.39 is 27.9 Å². The maximum absolute atomic E-state index is 12.8. The highest BCUT2D eigenvalue weighted by Gasteiger charge is 2.20. The Bertz CT molecular complexity index is 1350. The highest BCUT2D eigenvalue weighted by molar-refractivity contribution is 7.90. The summed E-state index contributed by atoms with van der Waals surface area (Å²) < 4.78 is 32.3. The van der Waals surface area contributed by atoms with Crippen molar-refractivity contribution in [2.45, 2.75) is 24.2 Å². The van der Waals surface area contributed by atoms with Crippen LogP contribution in [0.2, 0.25) is 0 Å². The molecule has 0 saturated carbocycles. The highest BCUT2D eigenvalue weighted by Crippen LogP contribution is 2.14. The number of pyridine rings is 1. The Morgan fingerprint density at radius 3 is 2.34 bits per heavy atom. The Kier molecular flexibility index (Phi) is 10.3. The zero-order valence-electron chi connectivity index (χ0n) is 20.4. The molecule has 0 aliphatic heterocycles. The number of aryl methyl sites for hydroxylation is 1. The molecule has 2 aromatic carbocycles. The molecule has 0 aliphatic carbocycles. The molecule has 0 bridgehead atoms. The van der Waals surface area contributed by atoms with Crippen molar-refractivity contribution < 1.29 is 32.6 Å². The van der Waals surface area contributed by atoms with Gasteiger partial charge in [-0.15, -0.1) is 0 Å². The number of sulfonamides is 1. The molecule has 0 radical (unpaired) electrons. The number of unbranched alkanes of at least 4 members (excludes halogenated alkanes) is 1. The van der Waals surface area contributed by atoms with Crippen LogP contribution in [-0.4, -0.2) is 56.1 Å². The number of hydrogen-bond donors (Lipinski definition) is 4. The van der Waals surface area contributed by atoms with Gasteiger partial charge in [-0.25, -0.2) is 22.9 Å². The third-order valence-electron chi connectivity index (χ3n) is 5.23. The quantitative estimate of drug-likeness (QED) is 0.254. The van der Waals surface area contributed by atoms with Crippen molar-refractivity contribution in [3.63, 3.8) is 0 Å². The summed E-state index contributed by atoms with van der Waals surface area (Å²) >= 11 is 0. The number of benzene rings is 2. The topological polar surface area (TPSA) is 164 Å². The van der Waals surface area contributed by atoms with Crippen molar-refractivity contribution in [1.29, 1.82) is 0 Å². The molecular weight excluding hydrogens is 512 g/mol. The second kappa shape index (κ2) is 13.9. The Balaban J connectivity index is 1.53. The lowest BCUT2D eigenvalue weighted by atomic mass is 10.1. The SMILES string of the molecule is O=C(NCCO)Oc1ccc(C(=O)NS(=O)(=O)c2cccc(C(=O)NCCCCc3ccccc3)c2)cn1. The number of aromatic nitrogens is 1. The molecule has 4 N–H and O–H groups in total. The first kappa shape index (κ1) is 28.3. The maximum atomic E-state index is 12.8. The Hall–Kier alpha value is -4.29. The van der Waals surface area contributed by atoms with Crippen LogP contribution in [0, 0.1) is 0 Å². The molecule has 3 rings (SSSR count). The monoisotopic (exact) mass is 540 g/mol. The smallest absolute Gasteiger partial charge is 0.395 e. The number of nitrogens with one attached hydrogen (secondary N) is 3. The average molecular weight is 541 g/mol. The molecule has 200 valence electrons. The lowest BCUT2D eigenvalue weighted by molar-refractivity contribution is 0.0951. The molecule has 0 unspecified atom stereocenters. The van der Waals surface area contributed by atoms with Crippen molar-refractivity contribution in [3.8, 4) is 5.88 Å². The highest BCUT2D eigenvalue weighted by atomic mass is 32.2. The molecule has 0 fully saturated rings. The van der Waals surface area contributed by atoms with Gasteiger partial charge in [0.2, 0.25) is 5.88 Å². The molecule has 0 saturated heterocycles. The van der Waals surface area contributed by atoms with Crippen LogP contribution in [0.3, 0.4) is 0 Å². The first-order chi connectivity index (χ1) is 18.3. The van der Waals surface area contributed by atoms with Crippen LogP contribution in [0.25, 0.3) is 0 Å². The van der Waals surface area contributed by atoms with Crippen LogP contribution in [0.1, 0.15) is 39.1 Å². The summed E-state index contributed by atoms with van der Waals surface area (Å²) in [4.78, 5) is 40.0. The third-order valence-corrected chi connectivity index (χ3v) is 6.56. The minimum atomic E-state index is -4.29. The molecule has 12 heteroatoms. The lowest BCUT2D eigenvalue weighted by Crippen LogP contribution is -2.31. The second-order valence-electron chi connectivity index (χ2n) is 8.09. The lowest BCUT2D eigenvalue weighted by Gasteiger charge is -2.10. The predicted octanol–water partition coefficient (Wildman–Crippen LogP) is 2.03. The molecule has 1 aromatic heterocycles. The first-order valence-electron chi connectivity index (χ1n) is 11.8. The summed E-state index contributed by atoms with van der Waals surface area (Å²) in [6, 6.07) is 17.8. The Morgan fingerprint density at radius 2 is 1.63 bits per heavy atom. The van der Waals surface area contributed by atoms with Crippen molar-refractivity contribution in [2.75, 3.05) is 19.7 Å².